The molecule has 0 heteroatoms. The molecule has 4 aromatic carbocycles. The Kier molecular flexibility index (Phi) is 4.57. The minimum atomic E-state index is 0.506. The number of rotatable bonds is 5. The van der Waals surface area contributed by atoms with Gasteiger partial charge in [-0.05, 0) is 63.8 Å². The van der Waals surface area contributed by atoms with E-state index in [1.54, 1.807) is 0 Å². The fraction of sp³-hybridized carbons (Fsp3) is 0.161. The smallest absolute Gasteiger partial charge is 0.0102 e. The van der Waals surface area contributed by atoms with Crippen LogP contribution in [0, 0.1) is 0 Å². The van der Waals surface area contributed by atoms with Gasteiger partial charge in [0.25, 0.3) is 0 Å². The van der Waals surface area contributed by atoms with E-state index in [1.807, 2.05) is 0 Å². The number of hydrogen-bond donors (Lipinski definition) is 0. The third-order valence-electron chi connectivity index (χ3n) is 7.07. The number of hydrogen-bond acceptors (Lipinski definition) is 0. The third kappa shape index (κ3) is 3.24. The maximum Gasteiger partial charge on any atom is 0.0102 e. The van der Waals surface area contributed by atoms with Gasteiger partial charge in [-0.2, -0.15) is 0 Å². The number of benzene rings is 4. The van der Waals surface area contributed by atoms with Gasteiger partial charge >= 0.3 is 0 Å². The zero-order valence-corrected chi connectivity index (χ0v) is 17.7. The molecule has 31 heavy (non-hydrogen) atoms. The monoisotopic (exact) mass is 398 g/mol. The molecular formula is C31H26. The standard InChI is InChI=1S/C31H26/c1-2-10-22(11-3-1)20-24-21-23(25-12-4-5-13-26(24)25)18-19-31-29-16-8-6-14-27(29)28-15-7-9-17-30(28)31/h1-17,21,23,31H,18-20H2. The molecule has 0 N–H and O–H groups in total. The Bertz CT molecular complexity index is 1220. The molecule has 150 valence electrons. The largest absolute Gasteiger partial charge is 0.0728 e. The first-order valence-corrected chi connectivity index (χ1v) is 11.4. The van der Waals surface area contributed by atoms with Crippen LogP contribution in [0.3, 0.4) is 0 Å². The first kappa shape index (κ1) is 18.4. The van der Waals surface area contributed by atoms with Crippen molar-refractivity contribution in [3.05, 3.63) is 137 Å². The average molecular weight is 399 g/mol. The van der Waals surface area contributed by atoms with Crippen molar-refractivity contribution in [1.29, 1.82) is 0 Å². The second-order valence-electron chi connectivity index (χ2n) is 8.85. The summed E-state index contributed by atoms with van der Waals surface area (Å²) in [5.74, 6) is 1.01. The predicted molar refractivity (Wildman–Crippen MR) is 130 cm³/mol. The van der Waals surface area contributed by atoms with Gasteiger partial charge in [0.15, 0.2) is 0 Å². The van der Waals surface area contributed by atoms with Crippen LogP contribution >= 0.6 is 0 Å². The van der Waals surface area contributed by atoms with E-state index in [1.165, 1.54) is 57.4 Å². The molecule has 0 aromatic heterocycles. The Morgan fingerprint density at radius 1 is 0.484 bits per heavy atom. The molecule has 6 rings (SSSR count). The molecule has 4 aromatic rings. The van der Waals surface area contributed by atoms with Crippen molar-refractivity contribution in [1.82, 2.24) is 0 Å². The zero-order valence-electron chi connectivity index (χ0n) is 17.7. The minimum Gasteiger partial charge on any atom is -0.0728 e. The molecule has 1 atom stereocenters. The first-order valence-electron chi connectivity index (χ1n) is 11.4. The van der Waals surface area contributed by atoms with Crippen molar-refractivity contribution in [2.45, 2.75) is 31.1 Å². The molecule has 0 amide bonds. The van der Waals surface area contributed by atoms with Crippen molar-refractivity contribution in [2.75, 3.05) is 0 Å². The highest BCUT2D eigenvalue weighted by Crippen LogP contribution is 2.48. The molecule has 0 aliphatic heterocycles. The summed E-state index contributed by atoms with van der Waals surface area (Å²) in [6.07, 6.45) is 5.93. The highest BCUT2D eigenvalue weighted by molar-refractivity contribution is 5.79. The van der Waals surface area contributed by atoms with Crippen molar-refractivity contribution in [3.8, 4) is 11.1 Å². The second kappa shape index (κ2) is 7.71. The molecule has 0 nitrogen and oxygen atoms in total. The lowest BCUT2D eigenvalue weighted by atomic mass is 9.87. The van der Waals surface area contributed by atoms with Gasteiger partial charge in [0.1, 0.15) is 0 Å². The van der Waals surface area contributed by atoms with E-state index in [-0.39, 0.29) is 0 Å². The summed E-state index contributed by atoms with van der Waals surface area (Å²) in [6, 6.07) is 37.9. The molecule has 0 bridgehead atoms. The zero-order chi connectivity index (χ0) is 20.6. The summed E-state index contributed by atoms with van der Waals surface area (Å²) in [6.45, 7) is 0. The van der Waals surface area contributed by atoms with Crippen LogP contribution in [0.15, 0.2) is 109 Å². The van der Waals surface area contributed by atoms with Crippen molar-refractivity contribution < 1.29 is 0 Å². The lowest BCUT2D eigenvalue weighted by Crippen LogP contribution is -2.01. The summed E-state index contributed by atoms with van der Waals surface area (Å²) in [7, 11) is 0. The number of allylic oxidation sites excluding steroid dienone is 2. The molecule has 2 aliphatic rings. The Labute approximate surface area is 184 Å². The van der Waals surface area contributed by atoms with E-state index in [9.17, 15) is 0 Å². The molecule has 0 heterocycles. The molecule has 0 saturated heterocycles. The second-order valence-corrected chi connectivity index (χ2v) is 8.85. The van der Waals surface area contributed by atoms with Gasteiger partial charge < -0.3 is 0 Å². The molecule has 0 saturated carbocycles. The fourth-order valence-electron chi connectivity index (χ4n) is 5.66. The SMILES string of the molecule is C1=C(Cc2ccccc2)c2ccccc2C1CCC1c2ccccc2-c2ccccc21. The number of fused-ring (bicyclic) bond motifs is 4. The highest BCUT2D eigenvalue weighted by Gasteiger charge is 2.30. The maximum atomic E-state index is 2.55. The van der Waals surface area contributed by atoms with Gasteiger partial charge in [-0.1, -0.05) is 109 Å². The van der Waals surface area contributed by atoms with Gasteiger partial charge in [0.05, 0.1) is 0 Å². The maximum absolute atomic E-state index is 2.55. The van der Waals surface area contributed by atoms with Crippen molar-refractivity contribution in [3.63, 3.8) is 0 Å². The van der Waals surface area contributed by atoms with Gasteiger partial charge in [-0.15, -0.1) is 0 Å². The Morgan fingerprint density at radius 3 is 1.71 bits per heavy atom. The van der Waals surface area contributed by atoms with E-state index in [4.69, 9.17) is 0 Å². The van der Waals surface area contributed by atoms with Crippen LogP contribution in [0.25, 0.3) is 16.7 Å². The Balaban J connectivity index is 1.29. The third-order valence-corrected chi connectivity index (χ3v) is 7.07. The van der Waals surface area contributed by atoms with Crippen LogP contribution in [0.2, 0.25) is 0 Å². The van der Waals surface area contributed by atoms with E-state index in [0.717, 1.165) is 6.42 Å². The van der Waals surface area contributed by atoms with Crippen LogP contribution in [0.4, 0.5) is 0 Å². The first-order chi connectivity index (χ1) is 15.4. The van der Waals surface area contributed by atoms with E-state index in [0.29, 0.717) is 11.8 Å². The lowest BCUT2D eigenvalue weighted by molar-refractivity contribution is 0.633. The summed E-state index contributed by atoms with van der Waals surface area (Å²) >= 11 is 0. The summed E-state index contributed by atoms with van der Waals surface area (Å²) < 4.78 is 0. The molecule has 0 spiro atoms. The van der Waals surface area contributed by atoms with Crippen LogP contribution in [0.5, 0.6) is 0 Å². The Hall–Kier alpha value is -3.38. The predicted octanol–water partition coefficient (Wildman–Crippen LogP) is 8.00. The van der Waals surface area contributed by atoms with Crippen molar-refractivity contribution in [2.24, 2.45) is 0 Å². The molecule has 1 unspecified atom stereocenters. The Morgan fingerprint density at radius 2 is 1.03 bits per heavy atom. The summed E-state index contributed by atoms with van der Waals surface area (Å²) in [4.78, 5) is 0. The van der Waals surface area contributed by atoms with Gasteiger partial charge in [-0.25, -0.2) is 0 Å². The average Bonchev–Trinajstić information content (AvgIpc) is 3.34. The van der Waals surface area contributed by atoms with Crippen LogP contribution in [-0.2, 0) is 6.42 Å². The van der Waals surface area contributed by atoms with Crippen LogP contribution < -0.4 is 0 Å². The van der Waals surface area contributed by atoms with Gasteiger partial charge in [-0.3, -0.25) is 0 Å². The van der Waals surface area contributed by atoms with Gasteiger partial charge in [0.2, 0.25) is 0 Å². The van der Waals surface area contributed by atoms with E-state index >= 15 is 0 Å². The summed E-state index contributed by atoms with van der Waals surface area (Å²) in [5.41, 5.74) is 11.7. The van der Waals surface area contributed by atoms with Crippen LogP contribution in [-0.4, -0.2) is 0 Å². The molecular weight excluding hydrogens is 372 g/mol. The molecule has 2 aliphatic carbocycles. The van der Waals surface area contributed by atoms with E-state index in [2.05, 4.69) is 109 Å². The quantitative estimate of drug-likeness (QED) is 0.319. The van der Waals surface area contributed by atoms with Crippen molar-refractivity contribution >= 4 is 5.57 Å². The fourth-order valence-corrected chi connectivity index (χ4v) is 5.66. The highest BCUT2D eigenvalue weighted by atomic mass is 14.3. The van der Waals surface area contributed by atoms with E-state index < -0.39 is 0 Å². The molecule has 0 radical (unpaired) electrons. The minimum absolute atomic E-state index is 0.506. The summed E-state index contributed by atoms with van der Waals surface area (Å²) in [5, 5.41) is 0. The normalized spacial score (nSPS) is 16.5. The van der Waals surface area contributed by atoms with Gasteiger partial charge in [0, 0.05) is 11.8 Å². The topological polar surface area (TPSA) is 0 Å². The lowest BCUT2D eigenvalue weighted by Gasteiger charge is -2.17. The molecule has 0 fully saturated rings. The van der Waals surface area contributed by atoms with Crippen LogP contribution in [0.1, 0.15) is 52.5 Å².